The molecule has 2 aromatic heterocycles. The van der Waals surface area contributed by atoms with E-state index in [0.717, 1.165) is 31.5 Å². The predicted octanol–water partition coefficient (Wildman–Crippen LogP) is 2.19. The molecule has 1 aliphatic heterocycles. The lowest BCUT2D eigenvalue weighted by Gasteiger charge is -2.20. The highest BCUT2D eigenvalue weighted by Crippen LogP contribution is 2.31. The van der Waals surface area contributed by atoms with E-state index in [0.29, 0.717) is 17.5 Å². The normalized spacial score (nSPS) is 15.8. The SMILES string of the molecule is O=C(Cc1cccnc1)Nc1ncc(C2CCNCC2)s1. The van der Waals surface area contributed by atoms with Crippen molar-refractivity contribution in [3.05, 3.63) is 41.2 Å². The molecule has 3 heterocycles. The first-order valence-electron chi connectivity index (χ1n) is 7.16. The van der Waals surface area contributed by atoms with Crippen LogP contribution in [0.4, 0.5) is 5.13 Å². The highest BCUT2D eigenvalue weighted by atomic mass is 32.1. The third-order valence-electron chi connectivity index (χ3n) is 3.60. The number of nitrogens with zero attached hydrogens (tertiary/aromatic N) is 2. The van der Waals surface area contributed by atoms with Crippen molar-refractivity contribution in [1.82, 2.24) is 15.3 Å². The van der Waals surface area contributed by atoms with E-state index in [9.17, 15) is 4.79 Å². The summed E-state index contributed by atoms with van der Waals surface area (Å²) in [6, 6.07) is 3.73. The number of hydrogen-bond donors (Lipinski definition) is 2. The van der Waals surface area contributed by atoms with Crippen molar-refractivity contribution in [3.8, 4) is 0 Å². The number of rotatable bonds is 4. The molecule has 21 heavy (non-hydrogen) atoms. The first kappa shape index (κ1) is 14.2. The number of amides is 1. The second-order valence-electron chi connectivity index (χ2n) is 5.18. The molecule has 110 valence electrons. The number of pyridine rings is 1. The van der Waals surface area contributed by atoms with Gasteiger partial charge in [0.15, 0.2) is 5.13 Å². The molecule has 0 aromatic carbocycles. The van der Waals surface area contributed by atoms with Crippen molar-refractivity contribution in [1.29, 1.82) is 0 Å². The summed E-state index contributed by atoms with van der Waals surface area (Å²) in [5, 5.41) is 6.93. The Morgan fingerprint density at radius 2 is 2.24 bits per heavy atom. The molecular formula is C15H18N4OS. The number of hydrogen-bond acceptors (Lipinski definition) is 5. The number of aromatic nitrogens is 2. The summed E-state index contributed by atoms with van der Waals surface area (Å²) >= 11 is 1.59. The lowest BCUT2D eigenvalue weighted by molar-refractivity contribution is -0.115. The summed E-state index contributed by atoms with van der Waals surface area (Å²) in [5.74, 6) is 0.530. The van der Waals surface area contributed by atoms with E-state index < -0.39 is 0 Å². The minimum absolute atomic E-state index is 0.0470. The zero-order valence-corrected chi connectivity index (χ0v) is 12.5. The van der Waals surface area contributed by atoms with E-state index in [2.05, 4.69) is 20.6 Å². The highest BCUT2D eigenvalue weighted by molar-refractivity contribution is 7.15. The summed E-state index contributed by atoms with van der Waals surface area (Å²) in [7, 11) is 0. The molecule has 1 saturated heterocycles. The quantitative estimate of drug-likeness (QED) is 0.908. The van der Waals surface area contributed by atoms with Crippen LogP contribution in [0.3, 0.4) is 0 Å². The Morgan fingerprint density at radius 3 is 3.00 bits per heavy atom. The van der Waals surface area contributed by atoms with E-state index in [-0.39, 0.29) is 5.91 Å². The van der Waals surface area contributed by atoms with E-state index in [1.807, 2.05) is 18.3 Å². The average molecular weight is 302 g/mol. The maximum Gasteiger partial charge on any atom is 0.230 e. The van der Waals surface area contributed by atoms with Crippen LogP contribution in [0.25, 0.3) is 0 Å². The molecule has 0 aliphatic carbocycles. The van der Waals surface area contributed by atoms with Crippen LogP contribution in [0.1, 0.15) is 29.2 Å². The van der Waals surface area contributed by atoms with Crippen LogP contribution in [-0.2, 0) is 11.2 Å². The average Bonchev–Trinajstić information content (AvgIpc) is 2.97. The van der Waals surface area contributed by atoms with Crippen LogP contribution in [0.5, 0.6) is 0 Å². The van der Waals surface area contributed by atoms with Crippen molar-refractivity contribution in [2.75, 3.05) is 18.4 Å². The second-order valence-corrected chi connectivity index (χ2v) is 6.24. The van der Waals surface area contributed by atoms with E-state index in [1.165, 1.54) is 4.88 Å². The molecule has 0 spiro atoms. The third kappa shape index (κ3) is 3.86. The summed E-state index contributed by atoms with van der Waals surface area (Å²) in [6.07, 6.45) is 7.93. The Bertz CT molecular complexity index is 593. The van der Waals surface area contributed by atoms with Gasteiger partial charge in [0.05, 0.1) is 6.42 Å². The van der Waals surface area contributed by atoms with Crippen molar-refractivity contribution < 1.29 is 4.79 Å². The molecule has 0 atom stereocenters. The van der Waals surface area contributed by atoms with Gasteiger partial charge in [0, 0.05) is 23.5 Å². The lowest BCUT2D eigenvalue weighted by Crippen LogP contribution is -2.26. The number of piperidine rings is 1. The van der Waals surface area contributed by atoms with Gasteiger partial charge in [-0.1, -0.05) is 6.07 Å². The molecule has 3 rings (SSSR count). The Morgan fingerprint density at radius 1 is 1.38 bits per heavy atom. The molecule has 2 aromatic rings. The minimum atomic E-state index is -0.0470. The van der Waals surface area contributed by atoms with Gasteiger partial charge in [-0.3, -0.25) is 9.78 Å². The van der Waals surface area contributed by atoms with Crippen LogP contribution in [0, 0.1) is 0 Å². The van der Waals surface area contributed by atoms with Crippen molar-refractivity contribution in [3.63, 3.8) is 0 Å². The van der Waals surface area contributed by atoms with Crippen molar-refractivity contribution in [2.45, 2.75) is 25.2 Å². The summed E-state index contributed by atoms with van der Waals surface area (Å²) in [6.45, 7) is 2.12. The van der Waals surface area contributed by atoms with Crippen LogP contribution in [0.2, 0.25) is 0 Å². The van der Waals surface area contributed by atoms with Gasteiger partial charge in [-0.25, -0.2) is 4.98 Å². The number of nitrogens with one attached hydrogen (secondary N) is 2. The lowest BCUT2D eigenvalue weighted by atomic mass is 9.97. The molecule has 0 bridgehead atoms. The molecule has 0 unspecified atom stereocenters. The molecule has 1 aliphatic rings. The first-order valence-corrected chi connectivity index (χ1v) is 7.98. The van der Waals surface area contributed by atoms with Gasteiger partial charge >= 0.3 is 0 Å². The molecule has 5 nitrogen and oxygen atoms in total. The Hall–Kier alpha value is -1.79. The maximum atomic E-state index is 12.0. The van der Waals surface area contributed by atoms with Gasteiger partial charge in [-0.05, 0) is 43.5 Å². The maximum absolute atomic E-state index is 12.0. The summed E-state index contributed by atoms with van der Waals surface area (Å²) in [4.78, 5) is 21.6. The van der Waals surface area contributed by atoms with Gasteiger partial charge < -0.3 is 10.6 Å². The molecule has 1 fully saturated rings. The van der Waals surface area contributed by atoms with Crippen molar-refractivity contribution in [2.24, 2.45) is 0 Å². The smallest absolute Gasteiger partial charge is 0.230 e. The molecule has 2 N–H and O–H groups in total. The van der Waals surface area contributed by atoms with Gasteiger partial charge in [-0.2, -0.15) is 0 Å². The molecule has 6 heteroatoms. The van der Waals surface area contributed by atoms with Crippen LogP contribution in [0.15, 0.2) is 30.7 Å². The van der Waals surface area contributed by atoms with Crippen molar-refractivity contribution >= 4 is 22.4 Å². The van der Waals surface area contributed by atoms with Crippen LogP contribution < -0.4 is 10.6 Å². The van der Waals surface area contributed by atoms with E-state index in [1.54, 1.807) is 23.7 Å². The zero-order valence-electron chi connectivity index (χ0n) is 11.7. The number of carbonyl (C=O) groups excluding carboxylic acids is 1. The second kappa shape index (κ2) is 6.78. The third-order valence-corrected chi connectivity index (χ3v) is 4.67. The predicted molar refractivity (Wildman–Crippen MR) is 83.5 cm³/mol. The van der Waals surface area contributed by atoms with Gasteiger partial charge in [0.1, 0.15) is 0 Å². The van der Waals surface area contributed by atoms with Crippen LogP contribution in [-0.4, -0.2) is 29.0 Å². The Balaban J connectivity index is 1.57. The molecule has 0 saturated carbocycles. The number of thiazole rings is 1. The fourth-order valence-corrected chi connectivity index (χ4v) is 3.49. The Labute approximate surface area is 127 Å². The Kier molecular flexibility index (Phi) is 4.57. The fourth-order valence-electron chi connectivity index (χ4n) is 2.49. The van der Waals surface area contributed by atoms with E-state index >= 15 is 0 Å². The number of carbonyl (C=O) groups is 1. The van der Waals surface area contributed by atoms with Gasteiger partial charge in [0.25, 0.3) is 0 Å². The summed E-state index contributed by atoms with van der Waals surface area (Å²) in [5.41, 5.74) is 0.908. The first-order chi connectivity index (χ1) is 10.3. The largest absolute Gasteiger partial charge is 0.317 e. The fraction of sp³-hybridized carbons (Fsp3) is 0.400. The molecular weight excluding hydrogens is 284 g/mol. The van der Waals surface area contributed by atoms with Gasteiger partial charge in [-0.15, -0.1) is 11.3 Å². The van der Waals surface area contributed by atoms with Gasteiger partial charge in [0.2, 0.25) is 5.91 Å². The number of anilines is 1. The summed E-state index contributed by atoms with van der Waals surface area (Å²) < 4.78 is 0. The highest BCUT2D eigenvalue weighted by Gasteiger charge is 2.18. The topological polar surface area (TPSA) is 66.9 Å². The molecule has 0 radical (unpaired) electrons. The standard InChI is InChI=1S/C15H18N4OS/c20-14(8-11-2-1-5-17-9-11)19-15-18-10-13(21-15)12-3-6-16-7-4-12/h1-2,5,9-10,12,16H,3-4,6-8H2,(H,18,19,20). The monoisotopic (exact) mass is 302 g/mol. The van der Waals surface area contributed by atoms with E-state index in [4.69, 9.17) is 0 Å². The minimum Gasteiger partial charge on any atom is -0.317 e. The molecule has 1 amide bonds. The van der Waals surface area contributed by atoms with Crippen LogP contribution >= 0.6 is 11.3 Å². The zero-order chi connectivity index (χ0) is 14.5.